The summed E-state index contributed by atoms with van der Waals surface area (Å²) in [4.78, 5) is 11.0. The van der Waals surface area contributed by atoms with Crippen LogP contribution in [-0.2, 0) is 9.53 Å². The molecular weight excluding hydrogens is 259 g/mol. The molecule has 0 amide bonds. The van der Waals surface area contributed by atoms with Gasteiger partial charge in [0.2, 0.25) is 0 Å². The van der Waals surface area contributed by atoms with Gasteiger partial charge in [0.1, 0.15) is 11.6 Å². The van der Waals surface area contributed by atoms with Crippen molar-refractivity contribution in [1.29, 1.82) is 0 Å². The number of benzene rings is 1. The van der Waals surface area contributed by atoms with E-state index in [4.69, 9.17) is 21.1 Å². The zero-order chi connectivity index (χ0) is 13.4. The number of esters is 1. The largest absolute Gasteiger partial charge is 0.493 e. The fourth-order valence-electron chi connectivity index (χ4n) is 1.36. The minimum absolute atomic E-state index is 0.0738. The third-order valence-electron chi connectivity index (χ3n) is 2.24. The number of hydrogen-bond acceptors (Lipinski definition) is 3. The van der Waals surface area contributed by atoms with Gasteiger partial charge in [0.05, 0.1) is 18.2 Å². The van der Waals surface area contributed by atoms with Crippen molar-refractivity contribution in [1.82, 2.24) is 0 Å². The molecule has 0 atom stereocenters. The van der Waals surface area contributed by atoms with E-state index in [9.17, 15) is 9.18 Å². The Morgan fingerprint density at radius 3 is 2.83 bits per heavy atom. The van der Waals surface area contributed by atoms with E-state index < -0.39 is 5.82 Å². The second kappa shape index (κ2) is 7.93. The number of carbonyl (C=O) groups excluding carboxylic acids is 1. The average Bonchev–Trinajstić information content (AvgIpc) is 2.33. The molecule has 18 heavy (non-hydrogen) atoms. The summed E-state index contributed by atoms with van der Waals surface area (Å²) in [6.07, 6.45) is 1.78. The summed E-state index contributed by atoms with van der Waals surface area (Å²) in [5.41, 5.74) is 0. The molecule has 0 aliphatic carbocycles. The lowest BCUT2D eigenvalue weighted by Gasteiger charge is -2.06. The minimum atomic E-state index is -0.499. The van der Waals surface area contributed by atoms with Crippen LogP contribution in [0.15, 0.2) is 18.2 Å². The molecule has 0 bridgehead atoms. The molecule has 0 heterocycles. The molecule has 0 saturated heterocycles. The lowest BCUT2D eigenvalue weighted by molar-refractivity contribution is -0.143. The first-order valence-electron chi connectivity index (χ1n) is 5.87. The van der Waals surface area contributed by atoms with E-state index in [1.165, 1.54) is 12.1 Å². The summed E-state index contributed by atoms with van der Waals surface area (Å²) < 4.78 is 23.2. The lowest BCUT2D eigenvalue weighted by Crippen LogP contribution is -2.05. The maximum absolute atomic E-state index is 13.1. The van der Waals surface area contributed by atoms with Gasteiger partial charge in [-0.3, -0.25) is 4.79 Å². The predicted octanol–water partition coefficient (Wildman–Crippen LogP) is 3.59. The van der Waals surface area contributed by atoms with Crippen LogP contribution in [0.25, 0.3) is 0 Å². The molecular formula is C13H16ClFO3. The van der Waals surface area contributed by atoms with Crippen molar-refractivity contribution < 1.29 is 18.7 Å². The Kier molecular flexibility index (Phi) is 6.50. The molecule has 0 aliphatic heterocycles. The van der Waals surface area contributed by atoms with Crippen molar-refractivity contribution in [3.63, 3.8) is 0 Å². The number of halogens is 2. The number of rotatable bonds is 7. The van der Waals surface area contributed by atoms with Gasteiger partial charge in [-0.2, -0.15) is 0 Å². The third-order valence-corrected chi connectivity index (χ3v) is 2.55. The van der Waals surface area contributed by atoms with E-state index >= 15 is 0 Å². The first kappa shape index (κ1) is 14.8. The molecule has 5 heteroatoms. The lowest BCUT2D eigenvalue weighted by atomic mass is 10.2. The second-order valence-electron chi connectivity index (χ2n) is 3.69. The molecule has 0 radical (unpaired) electrons. The zero-order valence-corrected chi connectivity index (χ0v) is 11.0. The molecule has 0 saturated carbocycles. The maximum Gasteiger partial charge on any atom is 0.305 e. The third kappa shape index (κ3) is 5.36. The van der Waals surface area contributed by atoms with Crippen LogP contribution in [0.3, 0.4) is 0 Å². The van der Waals surface area contributed by atoms with Crippen LogP contribution in [0.2, 0.25) is 5.02 Å². The Morgan fingerprint density at radius 1 is 1.39 bits per heavy atom. The Bertz CT molecular complexity index is 396. The van der Waals surface area contributed by atoms with E-state index in [-0.39, 0.29) is 11.0 Å². The van der Waals surface area contributed by atoms with Crippen LogP contribution < -0.4 is 4.74 Å². The topological polar surface area (TPSA) is 35.5 Å². The zero-order valence-electron chi connectivity index (χ0n) is 10.2. The SMILES string of the molecule is CCOC(=O)CCCCOc1ccc(Cl)c(F)c1. The van der Waals surface area contributed by atoms with Crippen molar-refractivity contribution in [2.45, 2.75) is 26.2 Å². The molecule has 0 fully saturated rings. The Labute approximate surface area is 111 Å². The highest BCUT2D eigenvalue weighted by Crippen LogP contribution is 2.20. The highest BCUT2D eigenvalue weighted by molar-refractivity contribution is 6.30. The molecule has 100 valence electrons. The fraction of sp³-hybridized carbons (Fsp3) is 0.462. The first-order chi connectivity index (χ1) is 8.63. The van der Waals surface area contributed by atoms with Crippen molar-refractivity contribution in [3.8, 4) is 5.75 Å². The minimum Gasteiger partial charge on any atom is -0.493 e. The number of carbonyl (C=O) groups is 1. The summed E-state index contributed by atoms with van der Waals surface area (Å²) in [6, 6.07) is 4.30. The molecule has 0 aromatic heterocycles. The first-order valence-corrected chi connectivity index (χ1v) is 6.24. The van der Waals surface area contributed by atoms with Gasteiger partial charge < -0.3 is 9.47 Å². The van der Waals surface area contributed by atoms with Gasteiger partial charge in [-0.05, 0) is 31.9 Å². The van der Waals surface area contributed by atoms with Crippen molar-refractivity contribution in [2.24, 2.45) is 0 Å². The van der Waals surface area contributed by atoms with Crippen LogP contribution in [0.4, 0.5) is 4.39 Å². The maximum atomic E-state index is 13.1. The van der Waals surface area contributed by atoms with E-state index in [1.807, 2.05) is 0 Å². The Morgan fingerprint density at radius 2 is 2.17 bits per heavy atom. The van der Waals surface area contributed by atoms with Gasteiger partial charge >= 0.3 is 5.97 Å². The normalized spacial score (nSPS) is 10.2. The van der Waals surface area contributed by atoms with Crippen molar-refractivity contribution in [3.05, 3.63) is 29.0 Å². The molecule has 1 aromatic rings. The molecule has 0 aliphatic rings. The number of unbranched alkanes of at least 4 members (excludes halogenated alkanes) is 1. The predicted molar refractivity (Wildman–Crippen MR) is 67.4 cm³/mol. The van der Waals surface area contributed by atoms with E-state index in [2.05, 4.69) is 0 Å². The van der Waals surface area contributed by atoms with Crippen molar-refractivity contribution >= 4 is 17.6 Å². The quantitative estimate of drug-likeness (QED) is 0.563. The van der Waals surface area contributed by atoms with Gasteiger partial charge in [-0.15, -0.1) is 0 Å². The van der Waals surface area contributed by atoms with Crippen LogP contribution in [0.1, 0.15) is 26.2 Å². The molecule has 0 N–H and O–H groups in total. The molecule has 1 rings (SSSR count). The summed E-state index contributed by atoms with van der Waals surface area (Å²) in [5, 5.41) is 0.0738. The fourth-order valence-corrected chi connectivity index (χ4v) is 1.48. The second-order valence-corrected chi connectivity index (χ2v) is 4.09. The van der Waals surface area contributed by atoms with E-state index in [0.29, 0.717) is 38.2 Å². The monoisotopic (exact) mass is 274 g/mol. The van der Waals surface area contributed by atoms with Gasteiger partial charge in [0.15, 0.2) is 0 Å². The highest BCUT2D eigenvalue weighted by atomic mass is 35.5. The number of hydrogen-bond donors (Lipinski definition) is 0. The molecule has 1 aromatic carbocycles. The smallest absolute Gasteiger partial charge is 0.305 e. The summed E-state index contributed by atoms with van der Waals surface area (Å²) >= 11 is 5.55. The van der Waals surface area contributed by atoms with Crippen LogP contribution in [0, 0.1) is 5.82 Å². The Balaban J connectivity index is 2.18. The molecule has 0 unspecified atom stereocenters. The van der Waals surface area contributed by atoms with Gasteiger partial charge in [-0.25, -0.2) is 4.39 Å². The standard InChI is InChI=1S/C13H16ClFO3/c1-2-17-13(16)5-3-4-8-18-10-6-7-11(14)12(15)9-10/h6-7,9H,2-5,8H2,1H3. The highest BCUT2D eigenvalue weighted by Gasteiger charge is 2.03. The van der Waals surface area contributed by atoms with Gasteiger partial charge in [-0.1, -0.05) is 11.6 Å². The summed E-state index contributed by atoms with van der Waals surface area (Å²) in [5.74, 6) is -0.260. The molecule has 3 nitrogen and oxygen atoms in total. The Hall–Kier alpha value is -1.29. The van der Waals surface area contributed by atoms with Gasteiger partial charge in [0, 0.05) is 12.5 Å². The summed E-state index contributed by atoms with van der Waals surface area (Å²) in [6.45, 7) is 2.61. The average molecular weight is 275 g/mol. The number of ether oxygens (including phenoxy) is 2. The van der Waals surface area contributed by atoms with E-state index in [1.54, 1.807) is 13.0 Å². The van der Waals surface area contributed by atoms with Gasteiger partial charge in [0.25, 0.3) is 0 Å². The van der Waals surface area contributed by atoms with Crippen molar-refractivity contribution in [2.75, 3.05) is 13.2 Å². The molecule has 0 spiro atoms. The van der Waals surface area contributed by atoms with Crippen LogP contribution in [0.5, 0.6) is 5.75 Å². The summed E-state index contributed by atoms with van der Waals surface area (Å²) in [7, 11) is 0. The van der Waals surface area contributed by atoms with E-state index in [0.717, 1.165) is 0 Å². The van der Waals surface area contributed by atoms with Crippen LogP contribution >= 0.6 is 11.6 Å². The van der Waals surface area contributed by atoms with Crippen LogP contribution in [-0.4, -0.2) is 19.2 Å².